The van der Waals surface area contributed by atoms with E-state index in [4.69, 9.17) is 0 Å². The van der Waals surface area contributed by atoms with Crippen molar-refractivity contribution in [3.05, 3.63) is 0 Å². The molecule has 0 saturated heterocycles. The summed E-state index contributed by atoms with van der Waals surface area (Å²) in [4.78, 5) is 0. The van der Waals surface area contributed by atoms with Crippen LogP contribution in [0.1, 0.15) is 38.5 Å². The molecule has 0 aromatic heterocycles. The largest absolute Gasteiger partial charge is 0.396 e. The van der Waals surface area contributed by atoms with Gasteiger partial charge in [0.25, 0.3) is 0 Å². The molecule has 0 aliphatic rings. The standard InChI is InChI=1S/C16H34O8/c17-7-15(8-18,9-19)13(23)5-3-1-2-4-6-14(24)16(10-20,11-21)12-22/h13-14,17-24H,1-12H2. The van der Waals surface area contributed by atoms with Gasteiger partial charge in [0.15, 0.2) is 0 Å². The molecule has 0 aliphatic heterocycles. The van der Waals surface area contributed by atoms with Gasteiger partial charge in [0.2, 0.25) is 0 Å². The molecule has 0 radical (unpaired) electrons. The highest BCUT2D eigenvalue weighted by molar-refractivity contribution is 4.86. The van der Waals surface area contributed by atoms with E-state index in [9.17, 15) is 40.9 Å². The maximum absolute atomic E-state index is 10.0. The quantitative estimate of drug-likeness (QED) is 0.156. The van der Waals surface area contributed by atoms with E-state index < -0.39 is 62.7 Å². The summed E-state index contributed by atoms with van der Waals surface area (Å²) in [5.41, 5.74) is -2.58. The van der Waals surface area contributed by atoms with Crippen LogP contribution < -0.4 is 0 Å². The van der Waals surface area contributed by atoms with Gasteiger partial charge in [-0.25, -0.2) is 0 Å². The van der Waals surface area contributed by atoms with Crippen molar-refractivity contribution in [1.29, 1.82) is 0 Å². The van der Waals surface area contributed by atoms with Crippen molar-refractivity contribution in [2.24, 2.45) is 10.8 Å². The minimum Gasteiger partial charge on any atom is -0.396 e. The lowest BCUT2D eigenvalue weighted by atomic mass is 9.81. The van der Waals surface area contributed by atoms with Crippen LogP contribution in [0.25, 0.3) is 0 Å². The highest BCUT2D eigenvalue weighted by atomic mass is 16.3. The number of hydrogen-bond acceptors (Lipinski definition) is 8. The third kappa shape index (κ3) is 6.20. The van der Waals surface area contributed by atoms with Crippen LogP contribution in [-0.2, 0) is 0 Å². The Kier molecular flexibility index (Phi) is 11.9. The normalized spacial score (nSPS) is 15.5. The van der Waals surface area contributed by atoms with Crippen LogP contribution in [0.5, 0.6) is 0 Å². The van der Waals surface area contributed by atoms with Crippen LogP contribution in [-0.4, -0.2) is 92.7 Å². The molecule has 0 aromatic carbocycles. The fraction of sp³-hybridized carbons (Fsp3) is 1.00. The molecular weight excluding hydrogens is 320 g/mol. The van der Waals surface area contributed by atoms with Gasteiger partial charge in [0.1, 0.15) is 0 Å². The molecule has 2 atom stereocenters. The van der Waals surface area contributed by atoms with E-state index in [1.807, 2.05) is 0 Å². The average molecular weight is 354 g/mol. The fourth-order valence-corrected chi connectivity index (χ4v) is 2.57. The second-order valence-electron chi connectivity index (χ2n) is 6.70. The summed E-state index contributed by atoms with van der Waals surface area (Å²) < 4.78 is 0. The molecule has 0 fully saturated rings. The van der Waals surface area contributed by atoms with Gasteiger partial charge >= 0.3 is 0 Å². The van der Waals surface area contributed by atoms with Crippen molar-refractivity contribution in [3.63, 3.8) is 0 Å². The van der Waals surface area contributed by atoms with Gasteiger partial charge in [-0.05, 0) is 12.8 Å². The SMILES string of the molecule is OCC(CO)(CO)C(O)CCCCCCC(O)C(CO)(CO)CO. The molecule has 8 N–H and O–H groups in total. The summed E-state index contributed by atoms with van der Waals surface area (Å²) in [6.07, 6.45) is 1.39. The Bertz CT molecular complexity index is 258. The van der Waals surface area contributed by atoms with Gasteiger partial charge in [-0.3, -0.25) is 0 Å². The van der Waals surface area contributed by atoms with Gasteiger partial charge in [-0.15, -0.1) is 0 Å². The molecule has 24 heavy (non-hydrogen) atoms. The smallest absolute Gasteiger partial charge is 0.0662 e. The summed E-state index contributed by atoms with van der Waals surface area (Å²) in [7, 11) is 0. The van der Waals surface area contributed by atoms with E-state index in [-0.39, 0.29) is 0 Å². The highest BCUT2D eigenvalue weighted by Gasteiger charge is 2.37. The Labute approximate surface area is 143 Å². The van der Waals surface area contributed by atoms with Crippen molar-refractivity contribution in [2.45, 2.75) is 50.7 Å². The van der Waals surface area contributed by atoms with Gasteiger partial charge in [0, 0.05) is 0 Å². The van der Waals surface area contributed by atoms with Crippen molar-refractivity contribution in [3.8, 4) is 0 Å². The first kappa shape index (κ1) is 23.7. The maximum atomic E-state index is 10.0. The maximum Gasteiger partial charge on any atom is 0.0662 e. The lowest BCUT2D eigenvalue weighted by Gasteiger charge is -2.33. The number of rotatable bonds is 15. The van der Waals surface area contributed by atoms with E-state index in [0.717, 1.165) is 12.8 Å². The third-order valence-corrected chi connectivity index (χ3v) is 5.01. The molecule has 0 spiro atoms. The number of hydrogen-bond donors (Lipinski definition) is 8. The number of aliphatic hydroxyl groups excluding tert-OH is 8. The monoisotopic (exact) mass is 354 g/mol. The van der Waals surface area contributed by atoms with Crippen LogP contribution in [0.4, 0.5) is 0 Å². The molecule has 8 heteroatoms. The zero-order chi connectivity index (χ0) is 18.6. The lowest BCUT2D eigenvalue weighted by molar-refractivity contribution is -0.0879. The Balaban J connectivity index is 4.07. The predicted octanol–water partition coefficient (Wildman–Crippen LogP) is -2.02. The first-order chi connectivity index (χ1) is 11.4. The first-order valence-corrected chi connectivity index (χ1v) is 8.43. The Hall–Kier alpha value is -0.320. The Morgan fingerprint density at radius 3 is 0.917 bits per heavy atom. The molecule has 0 rings (SSSR count). The summed E-state index contributed by atoms with van der Waals surface area (Å²) >= 11 is 0. The van der Waals surface area contributed by atoms with Crippen LogP contribution in [0.15, 0.2) is 0 Å². The lowest BCUT2D eigenvalue weighted by Crippen LogP contribution is -2.45. The molecule has 8 nitrogen and oxygen atoms in total. The van der Waals surface area contributed by atoms with Crippen molar-refractivity contribution in [2.75, 3.05) is 39.6 Å². The third-order valence-electron chi connectivity index (χ3n) is 5.01. The Morgan fingerprint density at radius 2 is 0.708 bits per heavy atom. The van der Waals surface area contributed by atoms with E-state index in [1.165, 1.54) is 0 Å². The summed E-state index contributed by atoms with van der Waals surface area (Å²) in [6, 6.07) is 0. The Morgan fingerprint density at radius 1 is 0.458 bits per heavy atom. The molecule has 146 valence electrons. The zero-order valence-corrected chi connectivity index (χ0v) is 14.2. The number of unbranched alkanes of at least 4 members (excludes halogenated alkanes) is 3. The molecular formula is C16H34O8. The van der Waals surface area contributed by atoms with Gasteiger partial charge in [-0.1, -0.05) is 25.7 Å². The van der Waals surface area contributed by atoms with E-state index in [0.29, 0.717) is 25.7 Å². The van der Waals surface area contributed by atoms with E-state index in [2.05, 4.69) is 0 Å². The second-order valence-corrected chi connectivity index (χ2v) is 6.70. The van der Waals surface area contributed by atoms with Crippen LogP contribution in [0, 0.1) is 10.8 Å². The van der Waals surface area contributed by atoms with Crippen LogP contribution in [0.3, 0.4) is 0 Å². The van der Waals surface area contributed by atoms with Crippen LogP contribution in [0.2, 0.25) is 0 Å². The molecule has 0 heterocycles. The molecule has 2 unspecified atom stereocenters. The minimum absolute atomic E-state index is 0.331. The van der Waals surface area contributed by atoms with Gasteiger partial charge in [-0.2, -0.15) is 0 Å². The summed E-state index contributed by atoms with van der Waals surface area (Å²) in [6.45, 7) is -3.01. The average Bonchev–Trinajstić information content (AvgIpc) is 2.62. The molecule has 0 saturated carbocycles. The van der Waals surface area contributed by atoms with E-state index >= 15 is 0 Å². The topological polar surface area (TPSA) is 162 Å². The first-order valence-electron chi connectivity index (χ1n) is 8.43. The van der Waals surface area contributed by atoms with Crippen molar-refractivity contribution < 1.29 is 40.9 Å². The van der Waals surface area contributed by atoms with Gasteiger partial charge < -0.3 is 40.9 Å². The summed E-state index contributed by atoms with van der Waals surface area (Å²) in [5.74, 6) is 0. The van der Waals surface area contributed by atoms with Gasteiger partial charge in [0.05, 0.1) is 62.7 Å². The zero-order valence-electron chi connectivity index (χ0n) is 14.2. The molecule has 0 aromatic rings. The van der Waals surface area contributed by atoms with Crippen LogP contribution >= 0.6 is 0 Å². The second kappa shape index (κ2) is 12.1. The van der Waals surface area contributed by atoms with Crippen molar-refractivity contribution >= 4 is 0 Å². The van der Waals surface area contributed by atoms with Crippen molar-refractivity contribution in [1.82, 2.24) is 0 Å². The highest BCUT2D eigenvalue weighted by Crippen LogP contribution is 2.26. The van der Waals surface area contributed by atoms with E-state index in [1.54, 1.807) is 0 Å². The molecule has 0 amide bonds. The molecule has 0 aliphatic carbocycles. The predicted molar refractivity (Wildman–Crippen MR) is 87.1 cm³/mol. The summed E-state index contributed by atoms with van der Waals surface area (Å²) in [5, 5.41) is 75.4. The minimum atomic E-state index is -1.29. The molecule has 0 bridgehead atoms. The fourth-order valence-electron chi connectivity index (χ4n) is 2.57. The number of aliphatic hydroxyl groups is 8.